The van der Waals surface area contributed by atoms with Gasteiger partial charge in [0.05, 0.1) is 6.54 Å². The number of para-hydroxylation sites is 1. The number of rotatable bonds is 7. The van der Waals surface area contributed by atoms with Crippen LogP contribution in [0.2, 0.25) is 0 Å². The Kier molecular flexibility index (Phi) is 5.68. The van der Waals surface area contributed by atoms with Gasteiger partial charge in [0.15, 0.2) is 0 Å². The average Bonchev–Trinajstić information content (AvgIpc) is 3.48. The van der Waals surface area contributed by atoms with Crippen LogP contribution in [0.4, 0.5) is 5.69 Å². The van der Waals surface area contributed by atoms with E-state index in [1.807, 2.05) is 55.5 Å². The smallest absolute Gasteiger partial charge is 0.251 e. The molecule has 0 saturated heterocycles. The van der Waals surface area contributed by atoms with Gasteiger partial charge in [0.25, 0.3) is 5.91 Å². The van der Waals surface area contributed by atoms with Gasteiger partial charge in [-0.1, -0.05) is 30.3 Å². The van der Waals surface area contributed by atoms with Crippen LogP contribution in [0.5, 0.6) is 0 Å². The Morgan fingerprint density at radius 1 is 1.08 bits per heavy atom. The van der Waals surface area contributed by atoms with Crippen molar-refractivity contribution in [3.05, 3.63) is 65.2 Å². The molecule has 2 aromatic rings. The van der Waals surface area contributed by atoms with Gasteiger partial charge in [-0.3, -0.25) is 14.5 Å². The zero-order chi connectivity index (χ0) is 18.5. The van der Waals surface area contributed by atoms with Crippen LogP contribution < -0.4 is 10.6 Å². The first kappa shape index (κ1) is 18.1. The summed E-state index contributed by atoms with van der Waals surface area (Å²) in [6.07, 6.45) is 2.27. The van der Waals surface area contributed by atoms with E-state index in [1.165, 1.54) is 0 Å². The lowest BCUT2D eigenvalue weighted by atomic mass is 10.1. The fraction of sp³-hybridized carbons (Fsp3) is 0.333. The highest BCUT2D eigenvalue weighted by atomic mass is 16.2. The van der Waals surface area contributed by atoms with Crippen molar-refractivity contribution in [2.45, 2.75) is 32.4 Å². The molecule has 1 aliphatic rings. The first-order valence-electron chi connectivity index (χ1n) is 8.97. The average molecular weight is 351 g/mol. The molecule has 5 heteroatoms. The van der Waals surface area contributed by atoms with Gasteiger partial charge in [0.2, 0.25) is 5.91 Å². The minimum Gasteiger partial charge on any atom is -0.355 e. The molecule has 1 saturated carbocycles. The molecule has 0 unspecified atom stereocenters. The Morgan fingerprint density at radius 2 is 1.77 bits per heavy atom. The summed E-state index contributed by atoms with van der Waals surface area (Å²) < 4.78 is 0. The highest BCUT2D eigenvalue weighted by Crippen LogP contribution is 2.28. The summed E-state index contributed by atoms with van der Waals surface area (Å²) in [4.78, 5) is 26.3. The van der Waals surface area contributed by atoms with E-state index in [4.69, 9.17) is 0 Å². The molecule has 0 atom stereocenters. The highest BCUT2D eigenvalue weighted by Gasteiger charge is 2.30. The van der Waals surface area contributed by atoms with Gasteiger partial charge < -0.3 is 10.6 Å². The van der Waals surface area contributed by atoms with Crippen LogP contribution in [0.25, 0.3) is 0 Å². The van der Waals surface area contributed by atoms with Crippen LogP contribution in [0.15, 0.2) is 48.5 Å². The summed E-state index contributed by atoms with van der Waals surface area (Å²) in [7, 11) is 1.62. The standard InChI is InChI=1S/C21H25N3O2/c1-15-5-3-4-6-19(15)23-20(25)14-24(18-11-12-18)13-16-7-9-17(10-8-16)21(26)22-2/h3-10,18H,11-14H2,1-2H3,(H,22,26)(H,23,25). The van der Waals surface area contributed by atoms with Gasteiger partial charge in [-0.25, -0.2) is 0 Å². The number of hydrogen-bond acceptors (Lipinski definition) is 3. The van der Waals surface area contributed by atoms with E-state index in [-0.39, 0.29) is 11.8 Å². The van der Waals surface area contributed by atoms with Crippen molar-refractivity contribution in [1.29, 1.82) is 0 Å². The van der Waals surface area contributed by atoms with Crippen molar-refractivity contribution in [3.8, 4) is 0 Å². The summed E-state index contributed by atoms with van der Waals surface area (Å²) >= 11 is 0. The molecule has 26 heavy (non-hydrogen) atoms. The minimum absolute atomic E-state index is 0.00757. The number of carbonyl (C=O) groups excluding carboxylic acids is 2. The summed E-state index contributed by atoms with van der Waals surface area (Å²) in [6.45, 7) is 3.07. The summed E-state index contributed by atoms with van der Waals surface area (Å²) in [6, 6.07) is 15.8. The molecule has 5 nitrogen and oxygen atoms in total. The number of amides is 2. The van der Waals surface area contributed by atoms with E-state index in [0.29, 0.717) is 24.7 Å². The van der Waals surface area contributed by atoms with Crippen LogP contribution in [0.3, 0.4) is 0 Å². The van der Waals surface area contributed by atoms with Crippen molar-refractivity contribution in [2.75, 3.05) is 18.9 Å². The normalized spacial score (nSPS) is 13.5. The largest absolute Gasteiger partial charge is 0.355 e. The van der Waals surface area contributed by atoms with Gasteiger partial charge in [0, 0.05) is 30.9 Å². The number of nitrogens with one attached hydrogen (secondary N) is 2. The van der Waals surface area contributed by atoms with Crippen molar-refractivity contribution in [1.82, 2.24) is 10.2 Å². The lowest BCUT2D eigenvalue weighted by molar-refractivity contribution is -0.117. The van der Waals surface area contributed by atoms with E-state index < -0.39 is 0 Å². The maximum Gasteiger partial charge on any atom is 0.251 e. The number of hydrogen-bond donors (Lipinski definition) is 2. The van der Waals surface area contributed by atoms with E-state index >= 15 is 0 Å². The first-order chi connectivity index (χ1) is 12.6. The predicted molar refractivity (Wildman–Crippen MR) is 103 cm³/mol. The third-order valence-electron chi connectivity index (χ3n) is 4.66. The lowest BCUT2D eigenvalue weighted by Crippen LogP contribution is -2.34. The lowest BCUT2D eigenvalue weighted by Gasteiger charge is -2.22. The molecular weight excluding hydrogens is 326 g/mol. The number of nitrogens with zero attached hydrogens (tertiary/aromatic N) is 1. The summed E-state index contributed by atoms with van der Waals surface area (Å²) in [5.41, 5.74) is 3.67. The second-order valence-electron chi connectivity index (χ2n) is 6.78. The van der Waals surface area contributed by atoms with Crippen molar-refractivity contribution >= 4 is 17.5 Å². The Morgan fingerprint density at radius 3 is 2.38 bits per heavy atom. The summed E-state index contributed by atoms with van der Waals surface area (Å²) in [5.74, 6) is -0.0820. The van der Waals surface area contributed by atoms with Gasteiger partial charge >= 0.3 is 0 Å². The minimum atomic E-state index is -0.0896. The maximum absolute atomic E-state index is 12.5. The van der Waals surface area contributed by atoms with Crippen molar-refractivity contribution in [3.63, 3.8) is 0 Å². The van der Waals surface area contributed by atoms with E-state index in [9.17, 15) is 9.59 Å². The van der Waals surface area contributed by atoms with Crippen LogP contribution in [-0.2, 0) is 11.3 Å². The Bertz CT molecular complexity index is 782. The van der Waals surface area contributed by atoms with Crippen molar-refractivity contribution < 1.29 is 9.59 Å². The predicted octanol–water partition coefficient (Wildman–Crippen LogP) is 2.96. The second kappa shape index (κ2) is 8.15. The first-order valence-corrected chi connectivity index (χ1v) is 8.97. The Balaban J connectivity index is 1.62. The number of anilines is 1. The van der Waals surface area contributed by atoms with Gasteiger partial charge in [-0.05, 0) is 49.1 Å². The molecule has 2 amide bonds. The molecular formula is C21H25N3O2. The molecule has 1 fully saturated rings. The third kappa shape index (κ3) is 4.70. The highest BCUT2D eigenvalue weighted by molar-refractivity contribution is 5.94. The molecule has 0 spiro atoms. The second-order valence-corrected chi connectivity index (χ2v) is 6.78. The molecule has 0 aromatic heterocycles. The van der Waals surface area contributed by atoms with E-state index in [2.05, 4.69) is 15.5 Å². The molecule has 2 N–H and O–H groups in total. The zero-order valence-electron chi connectivity index (χ0n) is 15.3. The quantitative estimate of drug-likeness (QED) is 0.806. The van der Waals surface area contributed by atoms with Gasteiger partial charge in [-0.15, -0.1) is 0 Å². The van der Waals surface area contributed by atoms with E-state index in [1.54, 1.807) is 7.05 Å². The van der Waals surface area contributed by atoms with Crippen LogP contribution in [0.1, 0.15) is 34.3 Å². The van der Waals surface area contributed by atoms with Gasteiger partial charge in [-0.2, -0.15) is 0 Å². The van der Waals surface area contributed by atoms with Crippen LogP contribution in [-0.4, -0.2) is 36.3 Å². The summed E-state index contributed by atoms with van der Waals surface area (Å²) in [5, 5.41) is 5.63. The number of benzene rings is 2. The number of aryl methyl sites for hydroxylation is 1. The Labute approximate surface area is 154 Å². The molecule has 2 aromatic carbocycles. The molecule has 1 aliphatic carbocycles. The van der Waals surface area contributed by atoms with Crippen molar-refractivity contribution in [2.24, 2.45) is 0 Å². The molecule has 3 rings (SSSR count). The molecule has 0 bridgehead atoms. The van der Waals surface area contributed by atoms with Crippen LogP contribution >= 0.6 is 0 Å². The third-order valence-corrected chi connectivity index (χ3v) is 4.66. The monoisotopic (exact) mass is 351 g/mol. The van der Waals surface area contributed by atoms with Crippen LogP contribution in [0, 0.1) is 6.92 Å². The maximum atomic E-state index is 12.5. The zero-order valence-corrected chi connectivity index (χ0v) is 15.3. The SMILES string of the molecule is CNC(=O)c1ccc(CN(CC(=O)Nc2ccccc2C)C2CC2)cc1. The van der Waals surface area contributed by atoms with E-state index in [0.717, 1.165) is 29.7 Å². The molecule has 0 heterocycles. The molecule has 0 aliphatic heterocycles. The number of carbonyl (C=O) groups is 2. The van der Waals surface area contributed by atoms with Gasteiger partial charge in [0.1, 0.15) is 0 Å². The molecule has 0 radical (unpaired) electrons. The fourth-order valence-corrected chi connectivity index (χ4v) is 2.98. The molecule has 136 valence electrons. The Hall–Kier alpha value is -2.66. The topological polar surface area (TPSA) is 61.4 Å². The fourth-order valence-electron chi connectivity index (χ4n) is 2.98.